The predicted octanol–water partition coefficient (Wildman–Crippen LogP) is 2.58. The Hall–Kier alpha value is -1.79. The molecule has 1 aromatic carbocycles. The van der Waals surface area contributed by atoms with Crippen molar-refractivity contribution in [1.29, 1.82) is 0 Å². The van der Waals surface area contributed by atoms with E-state index in [4.69, 9.17) is 4.42 Å². The highest BCUT2D eigenvalue weighted by Crippen LogP contribution is 2.15. The smallest absolute Gasteiger partial charge is 0.240 e. The molecule has 0 spiro atoms. The van der Waals surface area contributed by atoms with E-state index in [0.29, 0.717) is 13.1 Å². The first-order valence-corrected chi connectivity index (χ1v) is 7.95. The van der Waals surface area contributed by atoms with E-state index in [1.807, 2.05) is 13.0 Å². The highest BCUT2D eigenvalue weighted by atomic mass is 32.2. The van der Waals surface area contributed by atoms with E-state index in [1.54, 1.807) is 36.8 Å². The second-order valence-electron chi connectivity index (χ2n) is 4.41. The van der Waals surface area contributed by atoms with Gasteiger partial charge in [-0.3, -0.25) is 0 Å². The zero-order valence-corrected chi connectivity index (χ0v) is 12.1. The monoisotopic (exact) mass is 294 g/mol. The Balaban J connectivity index is 1.99. The molecule has 0 aliphatic heterocycles. The molecule has 2 N–H and O–H groups in total. The third-order valence-corrected chi connectivity index (χ3v) is 4.26. The number of hydrogen-bond acceptors (Lipinski definition) is 4. The quantitative estimate of drug-likeness (QED) is 0.823. The van der Waals surface area contributed by atoms with Crippen LogP contribution in [0.1, 0.15) is 18.9 Å². The Morgan fingerprint density at radius 3 is 2.50 bits per heavy atom. The van der Waals surface area contributed by atoms with Crippen LogP contribution >= 0.6 is 0 Å². The largest absolute Gasteiger partial charge is 0.472 e. The molecular formula is C14H18N2O3S. The van der Waals surface area contributed by atoms with Crippen molar-refractivity contribution >= 4 is 15.7 Å². The van der Waals surface area contributed by atoms with Gasteiger partial charge in [-0.2, -0.15) is 0 Å². The second-order valence-corrected chi connectivity index (χ2v) is 6.17. The minimum atomic E-state index is -3.39. The van der Waals surface area contributed by atoms with Gasteiger partial charge in [0.05, 0.1) is 17.4 Å². The number of rotatable bonds is 7. The summed E-state index contributed by atoms with van der Waals surface area (Å²) in [5.74, 6) is 0. The van der Waals surface area contributed by atoms with E-state index in [9.17, 15) is 8.42 Å². The Kier molecular flexibility index (Phi) is 4.81. The topological polar surface area (TPSA) is 71.3 Å². The lowest BCUT2D eigenvalue weighted by Gasteiger charge is -2.08. The summed E-state index contributed by atoms with van der Waals surface area (Å²) >= 11 is 0. The molecule has 1 aromatic heterocycles. The highest BCUT2D eigenvalue weighted by Gasteiger charge is 2.12. The maximum absolute atomic E-state index is 11.9. The van der Waals surface area contributed by atoms with Crippen LogP contribution in [0.2, 0.25) is 0 Å². The fourth-order valence-electron chi connectivity index (χ4n) is 1.67. The molecule has 0 amide bonds. The van der Waals surface area contributed by atoms with Crippen LogP contribution in [-0.2, 0) is 16.6 Å². The molecule has 0 unspecified atom stereocenters. The number of nitrogens with one attached hydrogen (secondary N) is 2. The normalized spacial score (nSPS) is 11.4. The minimum Gasteiger partial charge on any atom is -0.472 e. The number of furan rings is 1. The molecular weight excluding hydrogens is 276 g/mol. The molecule has 0 saturated carbocycles. The number of hydrogen-bond donors (Lipinski definition) is 2. The van der Waals surface area contributed by atoms with Gasteiger partial charge < -0.3 is 9.73 Å². The predicted molar refractivity (Wildman–Crippen MR) is 78.0 cm³/mol. The molecule has 0 atom stereocenters. The molecule has 0 aliphatic rings. The second kappa shape index (κ2) is 6.58. The van der Waals surface area contributed by atoms with Gasteiger partial charge in [-0.15, -0.1) is 0 Å². The van der Waals surface area contributed by atoms with Crippen molar-refractivity contribution in [2.75, 3.05) is 11.9 Å². The number of sulfonamides is 1. The third-order valence-electron chi connectivity index (χ3n) is 2.78. The van der Waals surface area contributed by atoms with E-state index in [-0.39, 0.29) is 4.90 Å². The highest BCUT2D eigenvalue weighted by molar-refractivity contribution is 7.89. The molecule has 1 heterocycles. The Morgan fingerprint density at radius 2 is 1.90 bits per heavy atom. The molecule has 0 aliphatic carbocycles. The molecule has 2 aromatic rings. The zero-order valence-electron chi connectivity index (χ0n) is 11.3. The summed E-state index contributed by atoms with van der Waals surface area (Å²) in [6.45, 7) is 3.00. The molecule has 6 heteroatoms. The lowest BCUT2D eigenvalue weighted by Crippen LogP contribution is -2.24. The van der Waals surface area contributed by atoms with Crippen molar-refractivity contribution in [3.8, 4) is 0 Å². The summed E-state index contributed by atoms with van der Waals surface area (Å²) in [5, 5.41) is 3.19. The van der Waals surface area contributed by atoms with Gasteiger partial charge in [-0.25, -0.2) is 13.1 Å². The van der Waals surface area contributed by atoms with E-state index in [2.05, 4.69) is 10.0 Å². The molecule has 0 fully saturated rings. The van der Waals surface area contributed by atoms with Crippen molar-refractivity contribution in [1.82, 2.24) is 4.72 Å². The maximum Gasteiger partial charge on any atom is 0.240 e. The van der Waals surface area contributed by atoms with Gasteiger partial charge in [0.15, 0.2) is 0 Å². The minimum absolute atomic E-state index is 0.278. The summed E-state index contributed by atoms with van der Waals surface area (Å²) in [6, 6.07) is 8.56. The zero-order chi connectivity index (χ0) is 14.4. The van der Waals surface area contributed by atoms with E-state index in [0.717, 1.165) is 17.7 Å². The van der Waals surface area contributed by atoms with Crippen molar-refractivity contribution in [2.24, 2.45) is 0 Å². The Bertz CT molecular complexity index is 619. The van der Waals surface area contributed by atoms with E-state index >= 15 is 0 Å². The van der Waals surface area contributed by atoms with Crippen LogP contribution in [0, 0.1) is 0 Å². The van der Waals surface area contributed by atoms with Gasteiger partial charge in [0, 0.05) is 24.3 Å². The van der Waals surface area contributed by atoms with Gasteiger partial charge in [0.2, 0.25) is 10.0 Å². The summed E-state index contributed by atoms with van der Waals surface area (Å²) in [6.07, 6.45) is 4.05. The molecule has 20 heavy (non-hydrogen) atoms. The van der Waals surface area contributed by atoms with Crippen molar-refractivity contribution in [2.45, 2.75) is 24.8 Å². The standard InChI is InChI=1S/C14H18N2O3S/c1-2-8-16-20(17,18)14-5-3-13(4-6-14)15-10-12-7-9-19-11-12/h3-7,9,11,15-16H,2,8,10H2,1H3. The molecule has 0 bridgehead atoms. The van der Waals surface area contributed by atoms with Gasteiger partial charge in [-0.05, 0) is 36.8 Å². The third kappa shape index (κ3) is 3.85. The summed E-state index contributed by atoms with van der Waals surface area (Å²) in [7, 11) is -3.39. The first kappa shape index (κ1) is 14.6. The fourth-order valence-corrected chi connectivity index (χ4v) is 2.80. The van der Waals surface area contributed by atoms with Crippen LogP contribution in [-0.4, -0.2) is 15.0 Å². The van der Waals surface area contributed by atoms with Crippen LogP contribution in [0.3, 0.4) is 0 Å². The Labute approximate surface area is 119 Å². The van der Waals surface area contributed by atoms with Crippen LogP contribution < -0.4 is 10.0 Å². The van der Waals surface area contributed by atoms with Gasteiger partial charge >= 0.3 is 0 Å². The lowest BCUT2D eigenvalue weighted by molar-refractivity contribution is 0.564. The summed E-state index contributed by atoms with van der Waals surface area (Å²) in [5.41, 5.74) is 1.90. The molecule has 0 radical (unpaired) electrons. The fraction of sp³-hybridized carbons (Fsp3) is 0.286. The van der Waals surface area contributed by atoms with Crippen molar-refractivity contribution in [3.05, 3.63) is 48.4 Å². The molecule has 5 nitrogen and oxygen atoms in total. The van der Waals surface area contributed by atoms with E-state index in [1.165, 1.54) is 0 Å². The summed E-state index contributed by atoms with van der Waals surface area (Å²) in [4.78, 5) is 0.278. The van der Waals surface area contributed by atoms with Crippen LogP contribution in [0.25, 0.3) is 0 Å². The van der Waals surface area contributed by atoms with Crippen molar-refractivity contribution < 1.29 is 12.8 Å². The van der Waals surface area contributed by atoms with Gasteiger partial charge in [0.1, 0.15) is 0 Å². The van der Waals surface area contributed by atoms with Crippen molar-refractivity contribution in [3.63, 3.8) is 0 Å². The average Bonchev–Trinajstić information content (AvgIpc) is 2.97. The van der Waals surface area contributed by atoms with Crippen LogP contribution in [0.4, 0.5) is 5.69 Å². The number of anilines is 1. The molecule has 108 valence electrons. The SMILES string of the molecule is CCCNS(=O)(=O)c1ccc(NCc2ccoc2)cc1. The lowest BCUT2D eigenvalue weighted by atomic mass is 10.3. The Morgan fingerprint density at radius 1 is 1.15 bits per heavy atom. The van der Waals surface area contributed by atoms with E-state index < -0.39 is 10.0 Å². The number of benzene rings is 1. The molecule has 2 rings (SSSR count). The maximum atomic E-state index is 11.9. The first-order valence-electron chi connectivity index (χ1n) is 6.46. The van der Waals surface area contributed by atoms with Crippen LogP contribution in [0.5, 0.6) is 0 Å². The summed E-state index contributed by atoms with van der Waals surface area (Å²) < 4.78 is 31.3. The van der Waals surface area contributed by atoms with Crippen LogP contribution in [0.15, 0.2) is 52.2 Å². The first-order chi connectivity index (χ1) is 9.62. The van der Waals surface area contributed by atoms with Gasteiger partial charge in [-0.1, -0.05) is 6.92 Å². The average molecular weight is 294 g/mol. The molecule has 0 saturated heterocycles. The van der Waals surface area contributed by atoms with Gasteiger partial charge in [0.25, 0.3) is 0 Å².